The standard InChI is InChI=1S/C24H28N4O6S/c1-17-6-10-19(11-7-17)21-15-27(26-25-21)16-35(31,32)28(23(30)34-24(2,3)4)14-18-8-12-20(13-9-18)22(29)33-5/h6-13,15H,14,16H2,1-5H3. The van der Waals surface area contributed by atoms with Gasteiger partial charge in [0.2, 0.25) is 0 Å². The van der Waals surface area contributed by atoms with Gasteiger partial charge in [-0.05, 0) is 45.4 Å². The van der Waals surface area contributed by atoms with Crippen LogP contribution in [0, 0.1) is 6.92 Å². The number of hydrogen-bond acceptors (Lipinski definition) is 8. The highest BCUT2D eigenvalue weighted by atomic mass is 32.2. The van der Waals surface area contributed by atoms with E-state index >= 15 is 0 Å². The number of nitrogens with zero attached hydrogens (tertiary/aromatic N) is 4. The van der Waals surface area contributed by atoms with Gasteiger partial charge in [-0.2, -0.15) is 4.31 Å². The molecule has 10 nitrogen and oxygen atoms in total. The van der Waals surface area contributed by atoms with Crippen LogP contribution in [0.3, 0.4) is 0 Å². The summed E-state index contributed by atoms with van der Waals surface area (Å²) in [6, 6.07) is 13.6. The molecule has 0 aliphatic heterocycles. The number of aryl methyl sites for hydroxylation is 1. The van der Waals surface area contributed by atoms with Crippen LogP contribution in [0.25, 0.3) is 11.3 Å². The van der Waals surface area contributed by atoms with Gasteiger partial charge in [-0.15, -0.1) is 5.10 Å². The van der Waals surface area contributed by atoms with Gasteiger partial charge in [0, 0.05) is 5.56 Å². The van der Waals surface area contributed by atoms with E-state index in [0.717, 1.165) is 15.8 Å². The van der Waals surface area contributed by atoms with Gasteiger partial charge < -0.3 is 9.47 Å². The molecule has 0 unspecified atom stereocenters. The molecule has 0 radical (unpaired) electrons. The SMILES string of the molecule is COC(=O)c1ccc(CN(C(=O)OC(C)(C)C)S(=O)(=O)Cn2cc(-c3ccc(C)cc3)nn2)cc1. The third-order valence-corrected chi connectivity index (χ3v) is 6.36. The molecule has 0 aliphatic carbocycles. The van der Waals surface area contributed by atoms with Crippen molar-refractivity contribution in [2.75, 3.05) is 7.11 Å². The Morgan fingerprint density at radius 2 is 1.66 bits per heavy atom. The van der Waals surface area contributed by atoms with Gasteiger partial charge in [0.15, 0.2) is 5.88 Å². The van der Waals surface area contributed by atoms with E-state index < -0.39 is 33.6 Å². The molecule has 0 fully saturated rings. The van der Waals surface area contributed by atoms with Crippen molar-refractivity contribution in [3.63, 3.8) is 0 Å². The van der Waals surface area contributed by atoms with Gasteiger partial charge in [0.1, 0.15) is 11.3 Å². The number of amides is 1. The largest absolute Gasteiger partial charge is 0.465 e. The highest BCUT2D eigenvalue weighted by Crippen LogP contribution is 2.20. The van der Waals surface area contributed by atoms with Gasteiger partial charge in [-0.1, -0.05) is 47.2 Å². The number of carbonyl (C=O) groups is 2. The van der Waals surface area contributed by atoms with Crippen LogP contribution in [-0.4, -0.2) is 52.5 Å². The number of methoxy groups -OCH3 is 1. The number of sulfonamides is 1. The number of ether oxygens (including phenoxy) is 2. The van der Waals surface area contributed by atoms with Crippen LogP contribution in [-0.2, 0) is 31.9 Å². The van der Waals surface area contributed by atoms with Crippen LogP contribution >= 0.6 is 0 Å². The first-order valence-corrected chi connectivity index (χ1v) is 12.4. The maximum atomic E-state index is 13.3. The molecule has 0 saturated heterocycles. The molecule has 11 heteroatoms. The molecule has 35 heavy (non-hydrogen) atoms. The summed E-state index contributed by atoms with van der Waals surface area (Å²) in [5.41, 5.74) is 2.23. The molecular formula is C24H28N4O6S. The van der Waals surface area contributed by atoms with Crippen molar-refractivity contribution >= 4 is 22.1 Å². The van der Waals surface area contributed by atoms with Crippen LogP contribution in [0.1, 0.15) is 42.3 Å². The number of esters is 1. The van der Waals surface area contributed by atoms with Crippen LogP contribution < -0.4 is 0 Å². The summed E-state index contributed by atoms with van der Waals surface area (Å²) in [6.07, 6.45) is 0.481. The average Bonchev–Trinajstić information content (AvgIpc) is 3.24. The first-order chi connectivity index (χ1) is 16.4. The van der Waals surface area contributed by atoms with E-state index in [-0.39, 0.29) is 6.54 Å². The maximum Gasteiger partial charge on any atom is 0.424 e. The van der Waals surface area contributed by atoms with Crippen molar-refractivity contribution in [2.24, 2.45) is 0 Å². The van der Waals surface area contributed by atoms with Gasteiger partial charge in [0.05, 0.1) is 25.4 Å². The van der Waals surface area contributed by atoms with E-state index in [1.54, 1.807) is 32.9 Å². The van der Waals surface area contributed by atoms with Crippen molar-refractivity contribution in [1.29, 1.82) is 0 Å². The lowest BCUT2D eigenvalue weighted by Gasteiger charge is -2.27. The first kappa shape index (κ1) is 25.9. The minimum Gasteiger partial charge on any atom is -0.465 e. The molecule has 3 rings (SSSR count). The zero-order valence-corrected chi connectivity index (χ0v) is 21.1. The van der Waals surface area contributed by atoms with E-state index in [2.05, 4.69) is 15.0 Å². The molecule has 0 aliphatic rings. The highest BCUT2D eigenvalue weighted by molar-refractivity contribution is 7.88. The fraction of sp³-hybridized carbons (Fsp3) is 0.333. The smallest absolute Gasteiger partial charge is 0.424 e. The summed E-state index contributed by atoms with van der Waals surface area (Å²) in [6.45, 7) is 6.60. The summed E-state index contributed by atoms with van der Waals surface area (Å²) in [4.78, 5) is 24.6. The highest BCUT2D eigenvalue weighted by Gasteiger charge is 2.32. The second kappa shape index (κ2) is 10.3. The molecule has 1 heterocycles. The summed E-state index contributed by atoms with van der Waals surface area (Å²) in [5.74, 6) is -1.14. The van der Waals surface area contributed by atoms with Gasteiger partial charge in [-0.3, -0.25) is 0 Å². The Hall–Kier alpha value is -3.73. The van der Waals surface area contributed by atoms with Crippen LogP contribution in [0.15, 0.2) is 54.7 Å². The van der Waals surface area contributed by atoms with Crippen LogP contribution in [0.2, 0.25) is 0 Å². The van der Waals surface area contributed by atoms with E-state index in [0.29, 0.717) is 21.1 Å². The zero-order valence-electron chi connectivity index (χ0n) is 20.3. The van der Waals surface area contributed by atoms with Gasteiger partial charge in [0.25, 0.3) is 10.0 Å². The molecule has 0 saturated carbocycles. The van der Waals surface area contributed by atoms with E-state index in [1.165, 1.54) is 25.4 Å². The predicted octanol–water partition coefficient (Wildman–Crippen LogP) is 3.76. The van der Waals surface area contributed by atoms with Crippen LogP contribution in [0.5, 0.6) is 0 Å². The summed E-state index contributed by atoms with van der Waals surface area (Å²) in [7, 11) is -2.96. The van der Waals surface area contributed by atoms with Crippen molar-refractivity contribution in [2.45, 2.75) is 45.7 Å². The van der Waals surface area contributed by atoms with Gasteiger partial charge in [-0.25, -0.2) is 22.7 Å². The van der Waals surface area contributed by atoms with Crippen molar-refractivity contribution < 1.29 is 27.5 Å². The molecule has 0 N–H and O–H groups in total. The Balaban J connectivity index is 1.86. The Morgan fingerprint density at radius 3 is 2.23 bits per heavy atom. The maximum absolute atomic E-state index is 13.3. The number of benzene rings is 2. The number of hydrogen-bond donors (Lipinski definition) is 0. The average molecular weight is 501 g/mol. The Kier molecular flexibility index (Phi) is 7.59. The van der Waals surface area contributed by atoms with E-state index in [1.807, 2.05) is 31.2 Å². The molecular weight excluding hydrogens is 472 g/mol. The quantitative estimate of drug-likeness (QED) is 0.450. The molecule has 186 valence electrons. The van der Waals surface area contributed by atoms with Crippen LogP contribution in [0.4, 0.5) is 4.79 Å². The monoisotopic (exact) mass is 500 g/mol. The fourth-order valence-electron chi connectivity index (χ4n) is 3.07. The normalized spacial score (nSPS) is 11.7. The fourth-order valence-corrected chi connectivity index (χ4v) is 4.28. The Morgan fingerprint density at radius 1 is 1.03 bits per heavy atom. The molecule has 1 amide bonds. The molecule has 3 aromatic rings. The van der Waals surface area contributed by atoms with Crippen molar-refractivity contribution in [3.8, 4) is 11.3 Å². The Labute approximate surface area is 204 Å². The lowest BCUT2D eigenvalue weighted by atomic mass is 10.1. The lowest BCUT2D eigenvalue weighted by molar-refractivity contribution is 0.0379. The molecule has 1 aromatic heterocycles. The summed E-state index contributed by atoms with van der Waals surface area (Å²) in [5, 5.41) is 7.97. The Bertz CT molecular complexity index is 1290. The summed E-state index contributed by atoms with van der Waals surface area (Å²) < 4.78 is 38.4. The minimum absolute atomic E-state index is 0.293. The number of rotatable bonds is 7. The first-order valence-electron chi connectivity index (χ1n) is 10.8. The number of carbonyl (C=O) groups excluding carboxylic acids is 2. The number of aromatic nitrogens is 3. The lowest BCUT2D eigenvalue weighted by Crippen LogP contribution is -2.41. The van der Waals surface area contributed by atoms with Crippen molar-refractivity contribution in [3.05, 3.63) is 71.4 Å². The minimum atomic E-state index is -4.22. The van der Waals surface area contributed by atoms with Gasteiger partial charge >= 0.3 is 12.1 Å². The zero-order chi connectivity index (χ0) is 25.8. The summed E-state index contributed by atoms with van der Waals surface area (Å²) >= 11 is 0. The topological polar surface area (TPSA) is 121 Å². The molecule has 0 bridgehead atoms. The molecule has 2 aromatic carbocycles. The second-order valence-corrected chi connectivity index (χ2v) is 10.8. The predicted molar refractivity (Wildman–Crippen MR) is 129 cm³/mol. The third-order valence-electron chi connectivity index (χ3n) is 4.82. The second-order valence-electron chi connectivity index (χ2n) is 8.93. The van der Waals surface area contributed by atoms with Crippen molar-refractivity contribution in [1.82, 2.24) is 19.3 Å². The third kappa shape index (κ3) is 6.89. The van der Waals surface area contributed by atoms with E-state index in [9.17, 15) is 18.0 Å². The molecule has 0 spiro atoms. The molecule has 0 atom stereocenters. The van der Waals surface area contributed by atoms with E-state index in [4.69, 9.17) is 4.74 Å².